The second-order valence-electron chi connectivity index (χ2n) is 6.06. The molecule has 2 rings (SSSR count). The zero-order chi connectivity index (χ0) is 19.2. The first-order valence-electron chi connectivity index (χ1n) is 8.36. The van der Waals surface area contributed by atoms with Crippen molar-refractivity contribution in [2.45, 2.75) is 29.7 Å². The second-order valence-corrected chi connectivity index (χ2v) is 9.22. The summed E-state index contributed by atoms with van der Waals surface area (Å²) in [6.45, 7) is 4.16. The third-order valence-electron chi connectivity index (χ3n) is 3.92. The molecule has 0 aromatic heterocycles. The SMILES string of the molecule is CC(C)N(C)S(=O)(=O)c1ccc(C(=O)NCCSc2ccccc2)cc1. The van der Waals surface area contributed by atoms with Gasteiger partial charge in [0.1, 0.15) is 0 Å². The van der Waals surface area contributed by atoms with E-state index in [1.807, 2.05) is 44.2 Å². The van der Waals surface area contributed by atoms with Crippen molar-refractivity contribution >= 4 is 27.7 Å². The lowest BCUT2D eigenvalue weighted by molar-refractivity contribution is 0.0956. The highest BCUT2D eigenvalue weighted by Gasteiger charge is 2.23. The molecular formula is C19H24N2O3S2. The number of hydrogen-bond donors (Lipinski definition) is 1. The molecule has 2 aromatic carbocycles. The van der Waals surface area contributed by atoms with Gasteiger partial charge in [-0.3, -0.25) is 4.79 Å². The molecule has 0 aliphatic heterocycles. The molecule has 0 aliphatic rings. The average molecular weight is 393 g/mol. The van der Waals surface area contributed by atoms with Gasteiger partial charge in [-0.2, -0.15) is 4.31 Å². The van der Waals surface area contributed by atoms with Crippen molar-refractivity contribution in [1.82, 2.24) is 9.62 Å². The highest BCUT2D eigenvalue weighted by molar-refractivity contribution is 7.99. The summed E-state index contributed by atoms with van der Waals surface area (Å²) in [5.41, 5.74) is 0.445. The molecule has 26 heavy (non-hydrogen) atoms. The van der Waals surface area contributed by atoms with Crippen LogP contribution in [0.5, 0.6) is 0 Å². The second kappa shape index (κ2) is 9.21. The van der Waals surface area contributed by atoms with E-state index in [0.29, 0.717) is 12.1 Å². The van der Waals surface area contributed by atoms with Gasteiger partial charge in [0.05, 0.1) is 4.90 Å². The number of hydrogen-bond acceptors (Lipinski definition) is 4. The van der Waals surface area contributed by atoms with Crippen molar-refractivity contribution in [2.24, 2.45) is 0 Å². The number of amides is 1. The Morgan fingerprint density at radius 2 is 1.69 bits per heavy atom. The van der Waals surface area contributed by atoms with Gasteiger partial charge in [-0.15, -0.1) is 11.8 Å². The number of nitrogens with zero attached hydrogens (tertiary/aromatic N) is 1. The van der Waals surface area contributed by atoms with Crippen LogP contribution in [0.1, 0.15) is 24.2 Å². The Labute approximate surface area is 159 Å². The molecule has 0 radical (unpaired) electrons. The van der Waals surface area contributed by atoms with Crippen LogP contribution in [-0.2, 0) is 10.0 Å². The lowest BCUT2D eigenvalue weighted by Crippen LogP contribution is -2.33. The maximum atomic E-state index is 12.4. The Hall–Kier alpha value is -1.83. The fourth-order valence-electron chi connectivity index (χ4n) is 2.17. The fraction of sp³-hybridized carbons (Fsp3) is 0.316. The Bertz CT molecular complexity index is 820. The largest absolute Gasteiger partial charge is 0.351 e. The van der Waals surface area contributed by atoms with Gasteiger partial charge in [-0.05, 0) is 50.2 Å². The maximum Gasteiger partial charge on any atom is 0.251 e. The van der Waals surface area contributed by atoms with Gasteiger partial charge in [-0.25, -0.2) is 8.42 Å². The quantitative estimate of drug-likeness (QED) is 0.553. The number of thioether (sulfide) groups is 1. The van der Waals surface area contributed by atoms with Gasteiger partial charge in [0.25, 0.3) is 5.91 Å². The van der Waals surface area contributed by atoms with Crippen molar-refractivity contribution in [1.29, 1.82) is 0 Å². The number of nitrogens with one attached hydrogen (secondary N) is 1. The van der Waals surface area contributed by atoms with Crippen LogP contribution in [0, 0.1) is 0 Å². The van der Waals surface area contributed by atoms with Gasteiger partial charge >= 0.3 is 0 Å². The van der Waals surface area contributed by atoms with E-state index in [4.69, 9.17) is 0 Å². The van der Waals surface area contributed by atoms with Gasteiger partial charge in [0.2, 0.25) is 10.0 Å². The number of benzene rings is 2. The van der Waals surface area contributed by atoms with Crippen LogP contribution in [-0.4, -0.2) is 44.0 Å². The molecule has 0 spiro atoms. The third kappa shape index (κ3) is 5.33. The summed E-state index contributed by atoms with van der Waals surface area (Å²) in [7, 11) is -1.99. The first-order valence-corrected chi connectivity index (χ1v) is 10.8. The fourth-order valence-corrected chi connectivity index (χ4v) is 4.33. The predicted molar refractivity (Wildman–Crippen MR) is 106 cm³/mol. The third-order valence-corrected chi connectivity index (χ3v) is 6.98. The summed E-state index contributed by atoms with van der Waals surface area (Å²) >= 11 is 1.67. The van der Waals surface area contributed by atoms with Crippen LogP contribution >= 0.6 is 11.8 Å². The molecule has 5 nitrogen and oxygen atoms in total. The average Bonchev–Trinajstić information content (AvgIpc) is 2.65. The summed E-state index contributed by atoms with van der Waals surface area (Å²) in [5.74, 6) is 0.557. The summed E-state index contributed by atoms with van der Waals surface area (Å²) in [6.07, 6.45) is 0. The minimum Gasteiger partial charge on any atom is -0.351 e. The van der Waals surface area contributed by atoms with E-state index < -0.39 is 10.0 Å². The maximum absolute atomic E-state index is 12.4. The van der Waals surface area contributed by atoms with E-state index in [-0.39, 0.29) is 16.8 Å². The predicted octanol–water partition coefficient (Wildman–Crippen LogP) is 3.24. The Morgan fingerprint density at radius 3 is 2.27 bits per heavy atom. The lowest BCUT2D eigenvalue weighted by Gasteiger charge is -2.21. The smallest absolute Gasteiger partial charge is 0.251 e. The summed E-state index contributed by atoms with van der Waals surface area (Å²) < 4.78 is 26.2. The van der Waals surface area contributed by atoms with Gasteiger partial charge in [0.15, 0.2) is 0 Å². The lowest BCUT2D eigenvalue weighted by atomic mass is 10.2. The molecular weight excluding hydrogens is 368 g/mol. The molecule has 0 bridgehead atoms. The van der Waals surface area contributed by atoms with E-state index in [9.17, 15) is 13.2 Å². The molecule has 0 unspecified atom stereocenters. The Morgan fingerprint density at radius 1 is 1.08 bits per heavy atom. The topological polar surface area (TPSA) is 66.5 Å². The van der Waals surface area contributed by atoms with Crippen molar-refractivity contribution in [3.05, 3.63) is 60.2 Å². The molecule has 140 valence electrons. The normalized spacial score (nSPS) is 11.7. The molecule has 1 N–H and O–H groups in total. The van der Waals surface area contributed by atoms with Crippen LogP contribution in [0.2, 0.25) is 0 Å². The highest BCUT2D eigenvalue weighted by Crippen LogP contribution is 2.18. The molecule has 0 atom stereocenters. The molecule has 2 aromatic rings. The molecule has 0 aliphatic carbocycles. The van der Waals surface area contributed by atoms with E-state index in [1.54, 1.807) is 30.9 Å². The Balaban J connectivity index is 1.90. The van der Waals surface area contributed by atoms with Crippen LogP contribution in [0.25, 0.3) is 0 Å². The number of rotatable bonds is 8. The summed E-state index contributed by atoms with van der Waals surface area (Å²) in [5, 5.41) is 2.85. The zero-order valence-electron chi connectivity index (χ0n) is 15.2. The molecule has 0 heterocycles. The minimum atomic E-state index is -3.53. The van der Waals surface area contributed by atoms with E-state index in [2.05, 4.69) is 5.32 Å². The molecule has 1 amide bonds. The van der Waals surface area contributed by atoms with Gasteiger partial charge in [-0.1, -0.05) is 18.2 Å². The first kappa shape index (κ1) is 20.5. The van der Waals surface area contributed by atoms with Crippen molar-refractivity contribution < 1.29 is 13.2 Å². The van der Waals surface area contributed by atoms with Crippen molar-refractivity contribution in [2.75, 3.05) is 19.3 Å². The molecule has 0 fully saturated rings. The van der Waals surface area contributed by atoms with Gasteiger partial charge < -0.3 is 5.32 Å². The van der Waals surface area contributed by atoms with Gasteiger partial charge in [0, 0.05) is 35.8 Å². The highest BCUT2D eigenvalue weighted by atomic mass is 32.2. The zero-order valence-corrected chi connectivity index (χ0v) is 16.8. The van der Waals surface area contributed by atoms with Crippen LogP contribution in [0.15, 0.2) is 64.4 Å². The summed E-state index contributed by atoms with van der Waals surface area (Å²) in [4.78, 5) is 13.5. The van der Waals surface area contributed by atoms with E-state index in [1.165, 1.54) is 16.4 Å². The monoisotopic (exact) mass is 392 g/mol. The number of carbonyl (C=O) groups excluding carboxylic acids is 1. The first-order chi connectivity index (χ1) is 12.3. The standard InChI is InChI=1S/C19H24N2O3S2/c1-15(2)21(3)26(23,24)18-11-9-16(10-12-18)19(22)20-13-14-25-17-7-5-4-6-8-17/h4-12,15H,13-14H2,1-3H3,(H,20,22). The van der Waals surface area contributed by atoms with Crippen LogP contribution in [0.3, 0.4) is 0 Å². The molecule has 7 heteroatoms. The minimum absolute atomic E-state index is 0.134. The molecule has 0 saturated heterocycles. The van der Waals surface area contributed by atoms with Crippen molar-refractivity contribution in [3.8, 4) is 0 Å². The van der Waals surface area contributed by atoms with E-state index >= 15 is 0 Å². The summed E-state index contributed by atoms with van der Waals surface area (Å²) in [6, 6.07) is 15.9. The Kier molecular flexibility index (Phi) is 7.25. The number of sulfonamides is 1. The van der Waals surface area contributed by atoms with Crippen LogP contribution in [0.4, 0.5) is 0 Å². The molecule has 0 saturated carbocycles. The van der Waals surface area contributed by atoms with E-state index in [0.717, 1.165) is 10.6 Å². The van der Waals surface area contributed by atoms with Crippen LogP contribution < -0.4 is 5.32 Å². The number of carbonyl (C=O) groups is 1. The van der Waals surface area contributed by atoms with Crippen molar-refractivity contribution in [3.63, 3.8) is 0 Å².